The summed E-state index contributed by atoms with van der Waals surface area (Å²) in [7, 11) is 0. The lowest BCUT2D eigenvalue weighted by molar-refractivity contribution is -0.117. The van der Waals surface area contributed by atoms with Gasteiger partial charge in [-0.3, -0.25) is 9.69 Å². The van der Waals surface area contributed by atoms with Gasteiger partial charge in [0.05, 0.1) is 29.6 Å². The van der Waals surface area contributed by atoms with E-state index in [1.54, 1.807) is 23.2 Å². The van der Waals surface area contributed by atoms with Crippen molar-refractivity contribution in [3.63, 3.8) is 0 Å². The standard InChI is InChI=1S/C18H17N5O3/c1-9-8-26-18(25)23(9)12-2-10-4-16(21-7-14(10)15(20)5-12)22-17(24)13-3-11(13)6-19/h2,4-5,7,9,11,13H,3,8,20H2,1H3,(H,21,22,24)/t9-,11+,13-/m1/s1. The van der Waals surface area contributed by atoms with Gasteiger partial charge in [0.1, 0.15) is 12.4 Å². The number of nitrogens with two attached hydrogens (primary N) is 1. The van der Waals surface area contributed by atoms with Crippen molar-refractivity contribution in [2.75, 3.05) is 22.6 Å². The van der Waals surface area contributed by atoms with E-state index < -0.39 is 6.09 Å². The van der Waals surface area contributed by atoms with Crippen LogP contribution in [0.15, 0.2) is 24.4 Å². The van der Waals surface area contributed by atoms with Crippen molar-refractivity contribution in [2.45, 2.75) is 19.4 Å². The van der Waals surface area contributed by atoms with Gasteiger partial charge in [0.15, 0.2) is 0 Å². The lowest BCUT2D eigenvalue weighted by Crippen LogP contribution is -2.30. The number of fused-ring (bicyclic) bond motifs is 1. The predicted molar refractivity (Wildman–Crippen MR) is 95.3 cm³/mol. The Kier molecular flexibility index (Phi) is 3.65. The number of nitriles is 1. The average Bonchev–Trinajstić information content (AvgIpc) is 3.33. The van der Waals surface area contributed by atoms with Crippen molar-refractivity contribution in [2.24, 2.45) is 11.8 Å². The highest BCUT2D eigenvalue weighted by molar-refractivity contribution is 6.02. The molecule has 4 rings (SSSR count). The molecular weight excluding hydrogens is 334 g/mol. The first-order valence-electron chi connectivity index (χ1n) is 8.33. The molecule has 2 amide bonds. The first-order chi connectivity index (χ1) is 12.5. The van der Waals surface area contributed by atoms with Crippen LogP contribution in [0, 0.1) is 23.2 Å². The molecule has 0 unspecified atom stereocenters. The second-order valence-electron chi connectivity index (χ2n) is 6.69. The Bertz CT molecular complexity index is 967. The van der Waals surface area contributed by atoms with Crippen LogP contribution < -0.4 is 16.0 Å². The number of pyridine rings is 1. The number of anilines is 3. The van der Waals surface area contributed by atoms with Crippen LogP contribution in [0.25, 0.3) is 10.8 Å². The highest BCUT2D eigenvalue weighted by atomic mass is 16.6. The van der Waals surface area contributed by atoms with Gasteiger partial charge in [-0.25, -0.2) is 9.78 Å². The number of amides is 2. The van der Waals surface area contributed by atoms with Crippen molar-refractivity contribution >= 4 is 40.0 Å². The molecule has 1 aliphatic carbocycles. The number of rotatable bonds is 3. The maximum Gasteiger partial charge on any atom is 0.414 e. The monoisotopic (exact) mass is 351 g/mol. The third-order valence-corrected chi connectivity index (χ3v) is 4.76. The second kappa shape index (κ2) is 5.88. The summed E-state index contributed by atoms with van der Waals surface area (Å²) in [6.45, 7) is 2.22. The Hall–Kier alpha value is -3.34. The Morgan fingerprint density at radius 1 is 1.46 bits per heavy atom. The number of nitrogen functional groups attached to an aromatic ring is 1. The van der Waals surface area contributed by atoms with Gasteiger partial charge in [-0.15, -0.1) is 0 Å². The summed E-state index contributed by atoms with van der Waals surface area (Å²) in [5.74, 6) is -0.293. The van der Waals surface area contributed by atoms with Crippen molar-refractivity contribution in [3.8, 4) is 6.07 Å². The van der Waals surface area contributed by atoms with Crippen LogP contribution >= 0.6 is 0 Å². The zero-order valence-corrected chi connectivity index (χ0v) is 14.1. The molecule has 132 valence electrons. The number of hydrogen-bond donors (Lipinski definition) is 2. The van der Waals surface area contributed by atoms with E-state index in [1.165, 1.54) is 0 Å². The summed E-state index contributed by atoms with van der Waals surface area (Å²) in [4.78, 5) is 29.8. The normalized spacial score (nSPS) is 24.2. The third kappa shape index (κ3) is 2.67. The van der Waals surface area contributed by atoms with Crippen LogP contribution in [0.5, 0.6) is 0 Å². The summed E-state index contributed by atoms with van der Waals surface area (Å²) in [5, 5.41) is 13.1. The predicted octanol–water partition coefficient (Wildman–Crippen LogP) is 2.26. The molecule has 3 N–H and O–H groups in total. The highest BCUT2D eigenvalue weighted by Gasteiger charge is 2.43. The summed E-state index contributed by atoms with van der Waals surface area (Å²) in [6.07, 6.45) is 1.77. The van der Waals surface area contributed by atoms with Crippen LogP contribution in [0.2, 0.25) is 0 Å². The number of hydrogen-bond acceptors (Lipinski definition) is 6. The fourth-order valence-corrected chi connectivity index (χ4v) is 3.20. The van der Waals surface area contributed by atoms with Gasteiger partial charge in [0.25, 0.3) is 0 Å². The fourth-order valence-electron chi connectivity index (χ4n) is 3.20. The molecule has 8 nitrogen and oxygen atoms in total. The van der Waals surface area contributed by atoms with Crippen molar-refractivity contribution in [1.29, 1.82) is 5.26 Å². The van der Waals surface area contributed by atoms with Crippen LogP contribution in [-0.2, 0) is 9.53 Å². The van der Waals surface area contributed by atoms with E-state index in [-0.39, 0.29) is 23.8 Å². The topological polar surface area (TPSA) is 121 Å². The van der Waals surface area contributed by atoms with Crippen molar-refractivity contribution < 1.29 is 14.3 Å². The Labute approximate surface area is 149 Å². The molecule has 0 bridgehead atoms. The number of nitrogens with one attached hydrogen (secondary N) is 1. The summed E-state index contributed by atoms with van der Waals surface area (Å²) in [5.41, 5.74) is 7.25. The molecule has 1 aromatic carbocycles. The lowest BCUT2D eigenvalue weighted by Gasteiger charge is -2.19. The smallest absolute Gasteiger partial charge is 0.414 e. The summed E-state index contributed by atoms with van der Waals surface area (Å²) >= 11 is 0. The van der Waals surface area contributed by atoms with Gasteiger partial charge in [0.2, 0.25) is 5.91 Å². The van der Waals surface area contributed by atoms with E-state index in [0.29, 0.717) is 30.2 Å². The third-order valence-electron chi connectivity index (χ3n) is 4.76. The van der Waals surface area contributed by atoms with E-state index in [4.69, 9.17) is 15.7 Å². The molecule has 3 atom stereocenters. The number of cyclic esters (lactones) is 1. The molecule has 2 heterocycles. The molecule has 1 aromatic heterocycles. The van der Waals surface area contributed by atoms with Crippen LogP contribution in [0.1, 0.15) is 13.3 Å². The van der Waals surface area contributed by atoms with Crippen LogP contribution in [0.3, 0.4) is 0 Å². The minimum atomic E-state index is -0.407. The van der Waals surface area contributed by atoms with Crippen molar-refractivity contribution in [3.05, 3.63) is 24.4 Å². The fraction of sp³-hybridized carbons (Fsp3) is 0.333. The minimum Gasteiger partial charge on any atom is -0.447 e. The van der Waals surface area contributed by atoms with Gasteiger partial charge in [-0.05, 0) is 36.9 Å². The second-order valence-corrected chi connectivity index (χ2v) is 6.69. The van der Waals surface area contributed by atoms with Crippen LogP contribution in [0.4, 0.5) is 22.0 Å². The van der Waals surface area contributed by atoms with Gasteiger partial charge < -0.3 is 15.8 Å². The number of carbonyl (C=O) groups excluding carboxylic acids is 2. The highest BCUT2D eigenvalue weighted by Crippen LogP contribution is 2.38. The maximum atomic E-state index is 12.1. The molecule has 2 fully saturated rings. The largest absolute Gasteiger partial charge is 0.447 e. The number of benzene rings is 1. The molecule has 26 heavy (non-hydrogen) atoms. The van der Waals surface area contributed by atoms with E-state index >= 15 is 0 Å². The van der Waals surface area contributed by atoms with Gasteiger partial charge in [-0.1, -0.05) is 0 Å². The lowest BCUT2D eigenvalue weighted by atomic mass is 10.1. The quantitative estimate of drug-likeness (QED) is 0.818. The average molecular weight is 351 g/mol. The molecule has 1 aliphatic heterocycles. The Balaban J connectivity index is 1.65. The number of carbonyl (C=O) groups is 2. The van der Waals surface area contributed by atoms with Crippen LogP contribution in [-0.4, -0.2) is 29.6 Å². The Morgan fingerprint density at radius 3 is 2.92 bits per heavy atom. The SMILES string of the molecule is C[C@@H]1COC(=O)N1c1cc(N)c2cnc(NC(=O)[C@@H]3C[C@H]3C#N)cc2c1. The molecule has 0 spiro atoms. The summed E-state index contributed by atoms with van der Waals surface area (Å²) < 4.78 is 5.06. The molecule has 2 aliphatic rings. The summed E-state index contributed by atoms with van der Waals surface area (Å²) in [6, 6.07) is 7.25. The van der Waals surface area contributed by atoms with Gasteiger partial charge in [0, 0.05) is 17.3 Å². The first kappa shape index (κ1) is 16.1. The van der Waals surface area contributed by atoms with E-state index in [1.807, 2.05) is 13.0 Å². The van der Waals surface area contributed by atoms with Gasteiger partial charge in [-0.2, -0.15) is 5.26 Å². The molecule has 1 saturated heterocycles. The van der Waals surface area contributed by atoms with E-state index in [9.17, 15) is 9.59 Å². The molecule has 0 radical (unpaired) electrons. The van der Waals surface area contributed by atoms with E-state index in [0.717, 1.165) is 10.8 Å². The molecule has 1 saturated carbocycles. The molecular formula is C18H17N5O3. The minimum absolute atomic E-state index is 0.0851. The van der Waals surface area contributed by atoms with E-state index in [2.05, 4.69) is 16.4 Å². The maximum absolute atomic E-state index is 12.1. The zero-order valence-electron chi connectivity index (χ0n) is 14.1. The molecule has 2 aromatic rings. The number of ether oxygens (including phenoxy) is 1. The first-order valence-corrected chi connectivity index (χ1v) is 8.33. The Morgan fingerprint density at radius 2 is 2.27 bits per heavy atom. The molecule has 8 heteroatoms. The zero-order chi connectivity index (χ0) is 18.4. The number of aromatic nitrogens is 1. The van der Waals surface area contributed by atoms with Crippen molar-refractivity contribution in [1.82, 2.24) is 4.98 Å². The van der Waals surface area contributed by atoms with Gasteiger partial charge >= 0.3 is 6.09 Å². The number of nitrogens with zero attached hydrogens (tertiary/aromatic N) is 3.